The summed E-state index contributed by atoms with van der Waals surface area (Å²) in [5.41, 5.74) is 0. The minimum absolute atomic E-state index is 0.0222. The second-order valence-corrected chi connectivity index (χ2v) is 4.96. The Hall–Kier alpha value is -1.30. The molecule has 0 aromatic rings. The highest BCUT2D eigenvalue weighted by atomic mass is 16.5. The summed E-state index contributed by atoms with van der Waals surface area (Å²) in [5.74, 6) is -1.26. The third kappa shape index (κ3) is 5.06. The first-order valence-corrected chi connectivity index (χ1v) is 6.86. The van der Waals surface area contributed by atoms with Crippen LogP contribution in [0.2, 0.25) is 0 Å². The molecule has 0 aromatic heterocycles. The van der Waals surface area contributed by atoms with Gasteiger partial charge in [-0.05, 0) is 19.3 Å². The molecule has 1 rings (SSSR count). The number of hydrogen-bond donors (Lipinski definition) is 2. The van der Waals surface area contributed by atoms with E-state index >= 15 is 0 Å². The average molecular weight is 272 g/mol. The maximum Gasteiger partial charge on any atom is 0.317 e. The van der Waals surface area contributed by atoms with Gasteiger partial charge in [0.2, 0.25) is 0 Å². The summed E-state index contributed by atoms with van der Waals surface area (Å²) in [4.78, 5) is 24.5. The van der Waals surface area contributed by atoms with Crippen LogP contribution in [0.5, 0.6) is 0 Å². The number of urea groups is 1. The lowest BCUT2D eigenvalue weighted by molar-refractivity contribution is -0.143. The molecular weight excluding hydrogens is 248 g/mol. The SMILES string of the molecule is CCCC(CNC(=O)N1CCCC(C(=O)O)C1)OC. The van der Waals surface area contributed by atoms with Gasteiger partial charge in [0, 0.05) is 26.7 Å². The van der Waals surface area contributed by atoms with Gasteiger partial charge in [-0.15, -0.1) is 0 Å². The van der Waals surface area contributed by atoms with E-state index in [0.717, 1.165) is 19.3 Å². The van der Waals surface area contributed by atoms with E-state index in [0.29, 0.717) is 26.1 Å². The molecule has 1 saturated heterocycles. The molecule has 0 radical (unpaired) electrons. The van der Waals surface area contributed by atoms with Gasteiger partial charge in [-0.3, -0.25) is 4.79 Å². The number of carbonyl (C=O) groups excluding carboxylic acids is 1. The molecule has 2 atom stereocenters. The topological polar surface area (TPSA) is 78.9 Å². The summed E-state index contributed by atoms with van der Waals surface area (Å²) in [6.07, 6.45) is 3.31. The first-order chi connectivity index (χ1) is 9.08. The van der Waals surface area contributed by atoms with Gasteiger partial charge in [-0.25, -0.2) is 4.79 Å². The highest BCUT2D eigenvalue weighted by Crippen LogP contribution is 2.16. The molecule has 6 nitrogen and oxygen atoms in total. The Morgan fingerprint density at radius 1 is 1.53 bits per heavy atom. The number of likely N-dealkylation sites (tertiary alicyclic amines) is 1. The van der Waals surface area contributed by atoms with E-state index in [1.807, 2.05) is 0 Å². The second-order valence-electron chi connectivity index (χ2n) is 4.96. The van der Waals surface area contributed by atoms with Gasteiger partial charge in [-0.2, -0.15) is 0 Å². The van der Waals surface area contributed by atoms with E-state index in [1.54, 1.807) is 12.0 Å². The van der Waals surface area contributed by atoms with E-state index in [2.05, 4.69) is 12.2 Å². The van der Waals surface area contributed by atoms with Crippen molar-refractivity contribution >= 4 is 12.0 Å². The molecule has 0 spiro atoms. The fourth-order valence-electron chi connectivity index (χ4n) is 2.30. The van der Waals surface area contributed by atoms with Crippen LogP contribution in [0, 0.1) is 5.92 Å². The minimum atomic E-state index is -0.821. The van der Waals surface area contributed by atoms with Crippen molar-refractivity contribution in [2.45, 2.75) is 38.7 Å². The Morgan fingerprint density at radius 3 is 2.84 bits per heavy atom. The van der Waals surface area contributed by atoms with Crippen molar-refractivity contribution in [1.82, 2.24) is 10.2 Å². The number of rotatable bonds is 6. The van der Waals surface area contributed by atoms with Crippen molar-refractivity contribution in [3.63, 3.8) is 0 Å². The molecule has 19 heavy (non-hydrogen) atoms. The molecule has 1 aliphatic heterocycles. The van der Waals surface area contributed by atoms with E-state index in [-0.39, 0.29) is 12.1 Å². The summed E-state index contributed by atoms with van der Waals surface area (Å²) >= 11 is 0. The number of nitrogens with zero attached hydrogens (tertiary/aromatic N) is 1. The largest absolute Gasteiger partial charge is 0.481 e. The maximum atomic E-state index is 12.0. The molecule has 1 fully saturated rings. The average Bonchev–Trinajstić information content (AvgIpc) is 2.43. The van der Waals surface area contributed by atoms with E-state index < -0.39 is 11.9 Å². The summed E-state index contributed by atoms with van der Waals surface area (Å²) in [6, 6.07) is -0.191. The maximum absolute atomic E-state index is 12.0. The summed E-state index contributed by atoms with van der Waals surface area (Å²) in [7, 11) is 1.63. The second kappa shape index (κ2) is 7.99. The molecule has 2 unspecified atom stereocenters. The van der Waals surface area contributed by atoms with Gasteiger partial charge in [0.05, 0.1) is 12.0 Å². The Kier molecular flexibility index (Phi) is 6.62. The van der Waals surface area contributed by atoms with Crippen molar-refractivity contribution in [2.24, 2.45) is 5.92 Å². The lowest BCUT2D eigenvalue weighted by Crippen LogP contribution is -2.48. The molecule has 0 saturated carbocycles. The molecule has 1 aliphatic rings. The van der Waals surface area contributed by atoms with E-state index in [9.17, 15) is 9.59 Å². The molecule has 1 heterocycles. The number of methoxy groups -OCH3 is 1. The van der Waals surface area contributed by atoms with E-state index in [4.69, 9.17) is 9.84 Å². The van der Waals surface area contributed by atoms with Gasteiger partial charge >= 0.3 is 12.0 Å². The number of aliphatic carboxylic acids is 1. The summed E-state index contributed by atoms with van der Waals surface area (Å²) < 4.78 is 5.26. The lowest BCUT2D eigenvalue weighted by Gasteiger charge is -2.31. The van der Waals surface area contributed by atoms with Gasteiger partial charge < -0.3 is 20.1 Å². The predicted molar refractivity (Wildman–Crippen MR) is 71.0 cm³/mol. The van der Waals surface area contributed by atoms with Crippen molar-refractivity contribution < 1.29 is 19.4 Å². The van der Waals surface area contributed by atoms with Crippen molar-refractivity contribution in [2.75, 3.05) is 26.7 Å². The third-order valence-corrected chi connectivity index (χ3v) is 3.48. The standard InChI is InChI=1S/C13H24N2O4/c1-3-5-11(19-2)8-14-13(18)15-7-4-6-10(9-15)12(16)17/h10-11H,3-9H2,1-2H3,(H,14,18)(H,16,17). The molecular formula is C13H24N2O4. The Labute approximate surface area is 114 Å². The van der Waals surface area contributed by atoms with Gasteiger partial charge in [-0.1, -0.05) is 13.3 Å². The lowest BCUT2D eigenvalue weighted by atomic mass is 9.99. The number of hydrogen-bond acceptors (Lipinski definition) is 3. The van der Waals surface area contributed by atoms with Crippen LogP contribution in [-0.2, 0) is 9.53 Å². The van der Waals surface area contributed by atoms with Gasteiger partial charge in [0.1, 0.15) is 0 Å². The zero-order valence-electron chi connectivity index (χ0n) is 11.7. The fourth-order valence-corrected chi connectivity index (χ4v) is 2.30. The first-order valence-electron chi connectivity index (χ1n) is 6.86. The minimum Gasteiger partial charge on any atom is -0.481 e. The normalized spacial score (nSPS) is 20.9. The predicted octanol–water partition coefficient (Wildman–Crippen LogP) is 1.31. The zero-order valence-corrected chi connectivity index (χ0v) is 11.7. The van der Waals surface area contributed by atoms with Crippen LogP contribution >= 0.6 is 0 Å². The van der Waals surface area contributed by atoms with Crippen molar-refractivity contribution in [3.05, 3.63) is 0 Å². The van der Waals surface area contributed by atoms with Crippen LogP contribution in [0.4, 0.5) is 4.79 Å². The van der Waals surface area contributed by atoms with Gasteiger partial charge in [0.15, 0.2) is 0 Å². The monoisotopic (exact) mass is 272 g/mol. The quantitative estimate of drug-likeness (QED) is 0.764. The fraction of sp³-hybridized carbons (Fsp3) is 0.846. The number of amides is 2. The summed E-state index contributed by atoms with van der Waals surface area (Å²) in [6.45, 7) is 3.46. The van der Waals surface area contributed by atoms with Crippen molar-refractivity contribution in [3.8, 4) is 0 Å². The Bertz CT molecular complexity index is 309. The highest BCUT2D eigenvalue weighted by molar-refractivity contribution is 5.76. The van der Waals surface area contributed by atoms with Crippen LogP contribution in [-0.4, -0.2) is 54.9 Å². The van der Waals surface area contributed by atoms with Crippen molar-refractivity contribution in [1.29, 1.82) is 0 Å². The highest BCUT2D eigenvalue weighted by Gasteiger charge is 2.28. The van der Waals surface area contributed by atoms with Gasteiger partial charge in [0.25, 0.3) is 0 Å². The molecule has 0 aliphatic carbocycles. The zero-order chi connectivity index (χ0) is 14.3. The Morgan fingerprint density at radius 2 is 2.26 bits per heavy atom. The van der Waals surface area contributed by atoms with Crippen LogP contribution < -0.4 is 5.32 Å². The van der Waals surface area contributed by atoms with E-state index in [1.165, 1.54) is 0 Å². The number of carboxylic acid groups (broad SMARTS) is 1. The third-order valence-electron chi connectivity index (χ3n) is 3.48. The van der Waals surface area contributed by atoms with Crippen LogP contribution in [0.3, 0.4) is 0 Å². The van der Waals surface area contributed by atoms with Crippen LogP contribution in [0.25, 0.3) is 0 Å². The first kappa shape index (κ1) is 15.8. The number of piperidine rings is 1. The van der Waals surface area contributed by atoms with Crippen LogP contribution in [0.1, 0.15) is 32.6 Å². The number of carboxylic acids is 1. The number of carbonyl (C=O) groups is 2. The smallest absolute Gasteiger partial charge is 0.317 e. The molecule has 0 bridgehead atoms. The molecule has 2 N–H and O–H groups in total. The number of ether oxygens (including phenoxy) is 1. The van der Waals surface area contributed by atoms with Crippen LogP contribution in [0.15, 0.2) is 0 Å². The summed E-state index contributed by atoms with van der Waals surface area (Å²) in [5, 5.41) is 11.8. The Balaban J connectivity index is 2.38. The molecule has 2 amide bonds. The molecule has 6 heteroatoms. The molecule has 110 valence electrons. The molecule has 0 aromatic carbocycles. The number of nitrogens with one attached hydrogen (secondary N) is 1.